The van der Waals surface area contributed by atoms with E-state index < -0.39 is 6.04 Å². The summed E-state index contributed by atoms with van der Waals surface area (Å²) in [7, 11) is 0. The zero-order valence-electron chi connectivity index (χ0n) is 18.2. The molecule has 2 aliphatic heterocycles. The Kier molecular flexibility index (Phi) is 7.11. The van der Waals surface area contributed by atoms with Crippen molar-refractivity contribution in [2.45, 2.75) is 25.5 Å². The van der Waals surface area contributed by atoms with E-state index in [1.165, 1.54) is 0 Å². The first-order chi connectivity index (χ1) is 15.7. The molecule has 2 fully saturated rings. The molecule has 170 valence electrons. The summed E-state index contributed by atoms with van der Waals surface area (Å²) in [6.07, 6.45) is 0.159. The fraction of sp³-hybridized carbons (Fsp3) is 0.417. The van der Waals surface area contributed by atoms with Gasteiger partial charge in [0.2, 0.25) is 5.91 Å². The Bertz CT molecular complexity index is 917. The van der Waals surface area contributed by atoms with Crippen molar-refractivity contribution < 1.29 is 23.8 Å². The van der Waals surface area contributed by atoms with Crippen molar-refractivity contribution >= 4 is 17.6 Å². The number of nitrogens with zero attached hydrogens (tertiary/aromatic N) is 2. The average molecular weight is 440 g/mol. The summed E-state index contributed by atoms with van der Waals surface area (Å²) in [6.45, 7) is 4.78. The highest BCUT2D eigenvalue weighted by atomic mass is 16.5. The van der Waals surface area contributed by atoms with Crippen LogP contribution in [0.3, 0.4) is 0 Å². The Labute approximate surface area is 188 Å². The number of hydrogen-bond acceptors (Lipinski definition) is 5. The molecule has 2 aromatic rings. The average Bonchev–Trinajstić information content (AvgIpc) is 3.25. The molecule has 0 spiro atoms. The minimum absolute atomic E-state index is 0.0688. The summed E-state index contributed by atoms with van der Waals surface area (Å²) in [5, 5.41) is 2.92. The van der Waals surface area contributed by atoms with Crippen LogP contribution in [0.5, 0.6) is 11.5 Å². The van der Waals surface area contributed by atoms with Gasteiger partial charge in [0, 0.05) is 19.5 Å². The van der Waals surface area contributed by atoms with Crippen LogP contribution in [-0.4, -0.2) is 73.3 Å². The van der Waals surface area contributed by atoms with Gasteiger partial charge >= 0.3 is 6.03 Å². The number of ether oxygens (including phenoxy) is 3. The van der Waals surface area contributed by atoms with Gasteiger partial charge in [-0.1, -0.05) is 30.3 Å². The van der Waals surface area contributed by atoms with Crippen LogP contribution in [0.1, 0.15) is 13.3 Å². The third-order valence-electron chi connectivity index (χ3n) is 5.61. The summed E-state index contributed by atoms with van der Waals surface area (Å²) in [5.74, 6) is 1.25. The van der Waals surface area contributed by atoms with Gasteiger partial charge < -0.3 is 29.3 Å². The lowest BCUT2D eigenvalue weighted by atomic mass is 10.1. The highest BCUT2D eigenvalue weighted by Gasteiger charge is 2.43. The fourth-order valence-corrected chi connectivity index (χ4v) is 4.07. The van der Waals surface area contributed by atoms with Crippen LogP contribution in [0.2, 0.25) is 0 Å². The highest BCUT2D eigenvalue weighted by Crippen LogP contribution is 2.28. The van der Waals surface area contributed by atoms with E-state index in [9.17, 15) is 9.59 Å². The molecule has 0 unspecified atom stereocenters. The van der Waals surface area contributed by atoms with Crippen molar-refractivity contribution in [3.8, 4) is 11.5 Å². The van der Waals surface area contributed by atoms with Crippen LogP contribution >= 0.6 is 0 Å². The number of anilines is 1. The second-order valence-corrected chi connectivity index (χ2v) is 7.75. The molecule has 0 aliphatic carbocycles. The molecule has 3 amide bonds. The smallest absolute Gasteiger partial charge is 0.322 e. The first-order valence-electron chi connectivity index (χ1n) is 11.0. The lowest BCUT2D eigenvalue weighted by Crippen LogP contribution is -2.51. The second-order valence-electron chi connectivity index (χ2n) is 7.75. The van der Waals surface area contributed by atoms with Gasteiger partial charge in [0.1, 0.15) is 23.6 Å². The normalized spacial score (nSPS) is 20.7. The van der Waals surface area contributed by atoms with Crippen LogP contribution in [0.4, 0.5) is 10.5 Å². The quantitative estimate of drug-likeness (QED) is 0.749. The number of likely N-dealkylation sites (tertiary alicyclic amines) is 1. The summed E-state index contributed by atoms with van der Waals surface area (Å²) >= 11 is 0. The van der Waals surface area contributed by atoms with Crippen LogP contribution in [0.15, 0.2) is 54.6 Å². The number of nitrogens with one attached hydrogen (secondary N) is 1. The first-order valence-corrected chi connectivity index (χ1v) is 11.0. The molecule has 0 aromatic heterocycles. The van der Waals surface area contributed by atoms with E-state index in [-0.39, 0.29) is 18.0 Å². The number of morpholine rings is 1. The topological polar surface area (TPSA) is 80.3 Å². The van der Waals surface area contributed by atoms with Crippen LogP contribution in [0, 0.1) is 0 Å². The van der Waals surface area contributed by atoms with Crippen molar-refractivity contribution in [3.05, 3.63) is 54.6 Å². The van der Waals surface area contributed by atoms with Gasteiger partial charge in [-0.25, -0.2) is 4.79 Å². The minimum Gasteiger partial charge on any atom is -0.492 e. The lowest BCUT2D eigenvalue weighted by molar-refractivity contribution is -0.139. The van der Waals surface area contributed by atoms with E-state index in [1.54, 1.807) is 21.9 Å². The van der Waals surface area contributed by atoms with Gasteiger partial charge in [0.15, 0.2) is 0 Å². The predicted octanol–water partition coefficient (Wildman–Crippen LogP) is 3.00. The SMILES string of the molecule is CCOc1ccccc1NC(=O)N1C[C@H](Oc2ccccc2)C[C@@H]1C(=O)N1CCOCC1. The number of rotatable bonds is 6. The number of para-hydroxylation sites is 3. The fourth-order valence-electron chi connectivity index (χ4n) is 4.07. The number of benzene rings is 2. The molecule has 2 saturated heterocycles. The molecule has 2 heterocycles. The number of carbonyl (C=O) groups excluding carboxylic acids is 2. The van der Waals surface area contributed by atoms with Gasteiger partial charge in [-0.3, -0.25) is 4.79 Å². The van der Waals surface area contributed by atoms with Crippen molar-refractivity contribution in [2.24, 2.45) is 0 Å². The molecule has 2 aromatic carbocycles. The Morgan fingerprint density at radius 1 is 1.06 bits per heavy atom. The number of urea groups is 1. The monoisotopic (exact) mass is 439 g/mol. The zero-order chi connectivity index (χ0) is 22.3. The summed E-state index contributed by atoms with van der Waals surface area (Å²) in [5.41, 5.74) is 0.573. The van der Waals surface area contributed by atoms with Crippen molar-refractivity contribution in [3.63, 3.8) is 0 Å². The van der Waals surface area contributed by atoms with E-state index in [0.717, 1.165) is 5.75 Å². The molecular formula is C24H29N3O5. The van der Waals surface area contributed by atoms with Crippen LogP contribution in [0.25, 0.3) is 0 Å². The molecule has 2 atom stereocenters. The third-order valence-corrected chi connectivity index (χ3v) is 5.61. The zero-order valence-corrected chi connectivity index (χ0v) is 18.2. The van der Waals surface area contributed by atoms with Gasteiger partial charge in [-0.2, -0.15) is 0 Å². The van der Waals surface area contributed by atoms with E-state index in [0.29, 0.717) is 57.3 Å². The van der Waals surface area contributed by atoms with Crippen molar-refractivity contribution in [1.29, 1.82) is 0 Å². The molecule has 2 aliphatic rings. The third kappa shape index (κ3) is 5.13. The Hall–Kier alpha value is -3.26. The highest BCUT2D eigenvalue weighted by molar-refractivity contribution is 5.95. The number of amides is 3. The van der Waals surface area contributed by atoms with Gasteiger partial charge in [0.05, 0.1) is 32.1 Å². The van der Waals surface area contributed by atoms with Gasteiger partial charge in [0.25, 0.3) is 0 Å². The van der Waals surface area contributed by atoms with Gasteiger partial charge in [-0.15, -0.1) is 0 Å². The maximum atomic E-state index is 13.3. The standard InChI is InChI=1S/C24H29N3O5/c1-2-31-22-11-7-6-10-20(22)25-24(29)27-17-19(32-18-8-4-3-5-9-18)16-21(27)23(28)26-12-14-30-15-13-26/h3-11,19,21H,2,12-17H2,1H3,(H,25,29)/t19-,21-/m1/s1. The van der Waals surface area contributed by atoms with Crippen LogP contribution < -0.4 is 14.8 Å². The predicted molar refractivity (Wildman–Crippen MR) is 120 cm³/mol. The summed E-state index contributed by atoms with van der Waals surface area (Å²) in [4.78, 5) is 29.9. The molecule has 8 nitrogen and oxygen atoms in total. The number of hydrogen-bond donors (Lipinski definition) is 1. The number of carbonyl (C=O) groups is 2. The van der Waals surface area contributed by atoms with Crippen LogP contribution in [-0.2, 0) is 9.53 Å². The van der Waals surface area contributed by atoms with E-state index in [1.807, 2.05) is 49.4 Å². The molecular weight excluding hydrogens is 410 g/mol. The molecule has 4 rings (SSSR count). The first kappa shape index (κ1) is 22.0. The van der Waals surface area contributed by atoms with Crippen molar-refractivity contribution in [1.82, 2.24) is 9.80 Å². The molecule has 8 heteroatoms. The molecule has 32 heavy (non-hydrogen) atoms. The minimum atomic E-state index is -0.596. The maximum absolute atomic E-state index is 13.3. The molecule has 0 bridgehead atoms. The molecule has 0 radical (unpaired) electrons. The maximum Gasteiger partial charge on any atom is 0.322 e. The second kappa shape index (κ2) is 10.4. The molecule has 0 saturated carbocycles. The van der Waals surface area contributed by atoms with E-state index in [2.05, 4.69) is 5.32 Å². The Morgan fingerprint density at radius 3 is 2.53 bits per heavy atom. The Balaban J connectivity index is 1.52. The van der Waals surface area contributed by atoms with E-state index in [4.69, 9.17) is 14.2 Å². The van der Waals surface area contributed by atoms with Crippen molar-refractivity contribution in [2.75, 3.05) is 44.8 Å². The molecule has 1 N–H and O–H groups in total. The largest absolute Gasteiger partial charge is 0.492 e. The van der Waals surface area contributed by atoms with E-state index >= 15 is 0 Å². The lowest BCUT2D eigenvalue weighted by Gasteiger charge is -2.32. The summed E-state index contributed by atoms with van der Waals surface area (Å²) in [6, 6.07) is 15.8. The Morgan fingerprint density at radius 2 is 1.78 bits per heavy atom. The summed E-state index contributed by atoms with van der Waals surface area (Å²) < 4.78 is 17.1. The van der Waals surface area contributed by atoms with Gasteiger partial charge in [-0.05, 0) is 31.2 Å².